The van der Waals surface area contributed by atoms with Crippen LogP contribution in [0.25, 0.3) is 11.4 Å². The van der Waals surface area contributed by atoms with E-state index in [-0.39, 0.29) is 0 Å². The van der Waals surface area contributed by atoms with Gasteiger partial charge in [-0.1, -0.05) is 17.2 Å². The number of aromatic nitrogens is 3. The van der Waals surface area contributed by atoms with Gasteiger partial charge in [-0.15, -0.1) is 10.2 Å². The summed E-state index contributed by atoms with van der Waals surface area (Å²) in [6.45, 7) is 4.18. The van der Waals surface area contributed by atoms with Crippen molar-refractivity contribution in [1.29, 1.82) is 0 Å². The minimum absolute atomic E-state index is 0.772. The molecule has 1 heterocycles. The zero-order valence-electron chi connectivity index (χ0n) is 10.1. The van der Waals surface area contributed by atoms with E-state index in [4.69, 9.17) is 0 Å². The van der Waals surface area contributed by atoms with Crippen LogP contribution in [0.5, 0.6) is 0 Å². The largest absolute Gasteiger partial charge is 0.357 e. The second kappa shape index (κ2) is 3.96. The molecule has 0 fully saturated rings. The third kappa shape index (κ3) is 1.78. The molecule has 1 aromatic carbocycles. The second-order valence-electron chi connectivity index (χ2n) is 4.03. The van der Waals surface area contributed by atoms with Gasteiger partial charge in [0.15, 0.2) is 5.82 Å². The van der Waals surface area contributed by atoms with Crippen LogP contribution in [0.2, 0.25) is 0 Å². The van der Waals surface area contributed by atoms with Gasteiger partial charge < -0.3 is 5.32 Å². The highest BCUT2D eigenvalue weighted by atomic mass is 15.3. The van der Waals surface area contributed by atoms with E-state index in [1.54, 1.807) is 0 Å². The molecule has 0 radical (unpaired) electrons. The van der Waals surface area contributed by atoms with Crippen molar-refractivity contribution < 1.29 is 0 Å². The summed E-state index contributed by atoms with van der Waals surface area (Å²) in [5, 5.41) is 11.3. The van der Waals surface area contributed by atoms with Crippen molar-refractivity contribution in [1.82, 2.24) is 14.8 Å². The Hall–Kier alpha value is -1.84. The molecule has 2 aromatic rings. The first-order valence-electron chi connectivity index (χ1n) is 5.27. The summed E-state index contributed by atoms with van der Waals surface area (Å²) < 4.78 is 1.95. The average Bonchev–Trinajstić information content (AvgIpc) is 2.58. The van der Waals surface area contributed by atoms with E-state index in [1.807, 2.05) is 18.7 Å². The first kappa shape index (κ1) is 10.7. The van der Waals surface area contributed by atoms with Gasteiger partial charge in [0, 0.05) is 19.7 Å². The molecule has 0 saturated heterocycles. The lowest BCUT2D eigenvalue weighted by atomic mass is 10.1. The lowest BCUT2D eigenvalue weighted by Gasteiger charge is -2.05. The van der Waals surface area contributed by atoms with Crippen LogP contribution in [-0.2, 0) is 7.05 Å². The molecule has 0 spiro atoms. The standard InChI is InChI=1S/C12H16N4/c1-8-5-9(2)7-10(6-8)11-14-15-12(13-3)16(11)4/h5-7H,1-4H3,(H,13,15). The van der Waals surface area contributed by atoms with Gasteiger partial charge in [0.1, 0.15) is 0 Å². The van der Waals surface area contributed by atoms with Gasteiger partial charge in [-0.2, -0.15) is 0 Å². The first-order valence-corrected chi connectivity index (χ1v) is 5.27. The highest BCUT2D eigenvalue weighted by molar-refractivity contribution is 5.59. The van der Waals surface area contributed by atoms with Crippen LogP contribution < -0.4 is 5.32 Å². The molecule has 84 valence electrons. The summed E-state index contributed by atoms with van der Waals surface area (Å²) in [7, 11) is 3.80. The van der Waals surface area contributed by atoms with Gasteiger partial charge in [0.05, 0.1) is 0 Å². The quantitative estimate of drug-likeness (QED) is 0.836. The van der Waals surface area contributed by atoms with Crippen LogP contribution in [0.15, 0.2) is 18.2 Å². The Bertz CT molecular complexity index is 493. The highest BCUT2D eigenvalue weighted by Crippen LogP contribution is 2.21. The molecule has 16 heavy (non-hydrogen) atoms. The van der Waals surface area contributed by atoms with Crippen molar-refractivity contribution in [2.75, 3.05) is 12.4 Å². The number of hydrogen-bond acceptors (Lipinski definition) is 3. The number of hydrogen-bond donors (Lipinski definition) is 1. The molecule has 0 aliphatic heterocycles. The van der Waals surface area contributed by atoms with Crippen molar-refractivity contribution in [3.05, 3.63) is 29.3 Å². The van der Waals surface area contributed by atoms with Crippen LogP contribution in [-0.4, -0.2) is 21.8 Å². The van der Waals surface area contributed by atoms with Gasteiger partial charge in [-0.25, -0.2) is 0 Å². The van der Waals surface area contributed by atoms with Crippen LogP contribution in [0.3, 0.4) is 0 Å². The fourth-order valence-electron chi connectivity index (χ4n) is 1.90. The van der Waals surface area contributed by atoms with E-state index < -0.39 is 0 Å². The number of rotatable bonds is 2. The maximum Gasteiger partial charge on any atom is 0.224 e. The Kier molecular flexibility index (Phi) is 2.64. The van der Waals surface area contributed by atoms with E-state index in [1.165, 1.54) is 11.1 Å². The van der Waals surface area contributed by atoms with E-state index >= 15 is 0 Å². The number of nitrogens with one attached hydrogen (secondary N) is 1. The van der Waals surface area contributed by atoms with Gasteiger partial charge in [0.25, 0.3) is 0 Å². The maximum absolute atomic E-state index is 4.19. The Morgan fingerprint density at radius 1 is 1.06 bits per heavy atom. The smallest absolute Gasteiger partial charge is 0.224 e. The molecule has 0 aliphatic rings. The molecule has 0 unspecified atom stereocenters. The summed E-state index contributed by atoms with van der Waals surface area (Å²) in [4.78, 5) is 0. The lowest BCUT2D eigenvalue weighted by molar-refractivity contribution is 0.924. The molecule has 0 amide bonds. The molecular formula is C12H16N4. The topological polar surface area (TPSA) is 42.7 Å². The molecule has 1 N–H and O–H groups in total. The van der Waals surface area contributed by atoms with Crippen LogP contribution >= 0.6 is 0 Å². The molecule has 1 aromatic heterocycles. The van der Waals surface area contributed by atoms with Crippen LogP contribution in [0, 0.1) is 13.8 Å². The van der Waals surface area contributed by atoms with Gasteiger partial charge in [-0.3, -0.25) is 4.57 Å². The van der Waals surface area contributed by atoms with Crippen molar-refractivity contribution in [2.24, 2.45) is 7.05 Å². The van der Waals surface area contributed by atoms with Crippen molar-refractivity contribution in [3.63, 3.8) is 0 Å². The third-order valence-electron chi connectivity index (χ3n) is 2.58. The number of nitrogens with zero attached hydrogens (tertiary/aromatic N) is 3. The number of aryl methyl sites for hydroxylation is 2. The fourth-order valence-corrected chi connectivity index (χ4v) is 1.90. The normalized spacial score (nSPS) is 10.5. The minimum atomic E-state index is 0.772. The van der Waals surface area contributed by atoms with Crippen molar-refractivity contribution >= 4 is 5.95 Å². The zero-order valence-corrected chi connectivity index (χ0v) is 10.1. The molecule has 2 rings (SSSR count). The number of benzene rings is 1. The lowest BCUT2D eigenvalue weighted by Crippen LogP contribution is -1.99. The molecule has 0 bridgehead atoms. The van der Waals surface area contributed by atoms with E-state index in [0.717, 1.165) is 17.3 Å². The van der Waals surface area contributed by atoms with E-state index in [2.05, 4.69) is 47.6 Å². The molecule has 0 saturated carbocycles. The predicted octanol–water partition coefficient (Wildman–Crippen LogP) is 2.14. The van der Waals surface area contributed by atoms with Crippen LogP contribution in [0.4, 0.5) is 5.95 Å². The summed E-state index contributed by atoms with van der Waals surface area (Å²) in [5.41, 5.74) is 3.59. The van der Waals surface area contributed by atoms with Crippen LogP contribution in [0.1, 0.15) is 11.1 Å². The Morgan fingerprint density at radius 3 is 2.19 bits per heavy atom. The van der Waals surface area contributed by atoms with Gasteiger partial charge in [0.2, 0.25) is 5.95 Å². The maximum atomic E-state index is 4.19. The summed E-state index contributed by atoms with van der Waals surface area (Å²) in [6, 6.07) is 6.39. The monoisotopic (exact) mass is 216 g/mol. The molecule has 4 heteroatoms. The molecule has 4 nitrogen and oxygen atoms in total. The van der Waals surface area contributed by atoms with Crippen molar-refractivity contribution in [3.8, 4) is 11.4 Å². The van der Waals surface area contributed by atoms with Crippen molar-refractivity contribution in [2.45, 2.75) is 13.8 Å². The summed E-state index contributed by atoms with van der Waals surface area (Å²) in [6.07, 6.45) is 0. The summed E-state index contributed by atoms with van der Waals surface area (Å²) >= 11 is 0. The minimum Gasteiger partial charge on any atom is -0.357 e. The zero-order chi connectivity index (χ0) is 11.7. The first-order chi connectivity index (χ1) is 7.61. The SMILES string of the molecule is CNc1nnc(-c2cc(C)cc(C)c2)n1C. The molecular weight excluding hydrogens is 200 g/mol. The fraction of sp³-hybridized carbons (Fsp3) is 0.333. The Labute approximate surface area is 95.3 Å². The molecule has 0 atom stereocenters. The van der Waals surface area contributed by atoms with E-state index in [9.17, 15) is 0 Å². The van der Waals surface area contributed by atoms with Gasteiger partial charge >= 0.3 is 0 Å². The molecule has 0 aliphatic carbocycles. The Morgan fingerprint density at radius 2 is 1.69 bits per heavy atom. The third-order valence-corrected chi connectivity index (χ3v) is 2.58. The average molecular weight is 216 g/mol. The number of anilines is 1. The predicted molar refractivity (Wildman–Crippen MR) is 65.5 cm³/mol. The van der Waals surface area contributed by atoms with Gasteiger partial charge in [-0.05, 0) is 26.0 Å². The second-order valence-corrected chi connectivity index (χ2v) is 4.03. The Balaban J connectivity index is 2.54. The highest BCUT2D eigenvalue weighted by Gasteiger charge is 2.09. The summed E-state index contributed by atoms with van der Waals surface area (Å²) in [5.74, 6) is 1.66. The van der Waals surface area contributed by atoms with E-state index in [0.29, 0.717) is 0 Å².